The number of hydrogen-bond acceptors (Lipinski definition) is 3. The number of carbonyl (C=O) groups is 1. The highest BCUT2D eigenvalue weighted by molar-refractivity contribution is 7.99. The van der Waals surface area contributed by atoms with Gasteiger partial charge in [-0.25, -0.2) is 0 Å². The Morgan fingerprint density at radius 2 is 1.68 bits per heavy atom. The van der Waals surface area contributed by atoms with Gasteiger partial charge in [-0.15, -0.1) is 11.8 Å². The number of carboxylic acid groups (broad SMARTS) is 1. The molecule has 0 amide bonds. The smallest absolute Gasteiger partial charge is 0.311 e. The van der Waals surface area contributed by atoms with Crippen molar-refractivity contribution in [3.8, 4) is 5.75 Å². The Morgan fingerprint density at radius 1 is 1.05 bits per heavy atom. The number of aliphatic carboxylic acids is 1. The van der Waals surface area contributed by atoms with Crippen molar-refractivity contribution in [1.29, 1.82) is 0 Å². The van der Waals surface area contributed by atoms with Crippen molar-refractivity contribution in [2.24, 2.45) is 0 Å². The van der Waals surface area contributed by atoms with E-state index in [2.05, 4.69) is 0 Å². The molecule has 98 valence electrons. The molecule has 2 aromatic rings. The molecule has 0 aromatic heterocycles. The molecule has 0 saturated heterocycles. The quantitative estimate of drug-likeness (QED) is 0.821. The first-order valence-electron chi connectivity index (χ1n) is 5.86. The average molecular weight is 274 g/mol. The SMILES string of the molecule is O=C(O)C(CSc1ccc(O)cc1)c1ccccc1. The maximum Gasteiger partial charge on any atom is 0.311 e. The normalized spacial score (nSPS) is 12.0. The summed E-state index contributed by atoms with van der Waals surface area (Å²) in [5, 5.41) is 18.5. The number of rotatable bonds is 5. The molecular weight excluding hydrogens is 260 g/mol. The standard InChI is InChI=1S/C15H14O3S/c16-12-6-8-13(9-7-12)19-10-14(15(17)18)11-4-2-1-3-5-11/h1-9,14,16H,10H2,(H,17,18). The first-order chi connectivity index (χ1) is 9.16. The van der Waals surface area contributed by atoms with E-state index in [9.17, 15) is 15.0 Å². The molecule has 0 radical (unpaired) electrons. The number of carboxylic acids is 1. The van der Waals surface area contributed by atoms with Crippen molar-refractivity contribution in [2.75, 3.05) is 5.75 Å². The third kappa shape index (κ3) is 3.76. The van der Waals surface area contributed by atoms with Gasteiger partial charge in [0, 0.05) is 10.6 Å². The second-order valence-corrected chi connectivity index (χ2v) is 5.20. The van der Waals surface area contributed by atoms with Crippen molar-refractivity contribution in [3.63, 3.8) is 0 Å². The molecular formula is C15H14O3S. The van der Waals surface area contributed by atoms with E-state index in [1.165, 1.54) is 11.8 Å². The van der Waals surface area contributed by atoms with Crippen LogP contribution in [0.5, 0.6) is 5.75 Å². The predicted molar refractivity (Wildman–Crippen MR) is 75.6 cm³/mol. The Morgan fingerprint density at radius 3 is 2.26 bits per heavy atom. The van der Waals surface area contributed by atoms with Gasteiger partial charge in [-0.05, 0) is 29.8 Å². The van der Waals surface area contributed by atoms with Crippen molar-refractivity contribution in [2.45, 2.75) is 10.8 Å². The summed E-state index contributed by atoms with van der Waals surface area (Å²) in [5.74, 6) is -0.677. The number of phenolic OH excluding ortho intramolecular Hbond substituents is 1. The Hall–Kier alpha value is -1.94. The van der Waals surface area contributed by atoms with E-state index >= 15 is 0 Å². The van der Waals surface area contributed by atoms with Gasteiger partial charge in [-0.1, -0.05) is 30.3 Å². The molecule has 2 aromatic carbocycles. The zero-order chi connectivity index (χ0) is 13.7. The van der Waals surface area contributed by atoms with Crippen molar-refractivity contribution in [1.82, 2.24) is 0 Å². The Balaban J connectivity index is 2.06. The number of thioether (sulfide) groups is 1. The Bertz CT molecular complexity index is 537. The highest BCUT2D eigenvalue weighted by atomic mass is 32.2. The first kappa shape index (κ1) is 13.5. The minimum Gasteiger partial charge on any atom is -0.508 e. The van der Waals surface area contributed by atoms with E-state index in [4.69, 9.17) is 0 Å². The Labute approximate surface area is 115 Å². The molecule has 1 atom stereocenters. The predicted octanol–water partition coefficient (Wildman–Crippen LogP) is 3.35. The van der Waals surface area contributed by atoms with Gasteiger partial charge in [0.2, 0.25) is 0 Å². The van der Waals surface area contributed by atoms with Gasteiger partial charge in [0.25, 0.3) is 0 Å². The molecule has 0 spiro atoms. The van der Waals surface area contributed by atoms with Gasteiger partial charge in [0.1, 0.15) is 5.75 Å². The first-order valence-corrected chi connectivity index (χ1v) is 6.85. The van der Waals surface area contributed by atoms with Crippen LogP contribution in [0.1, 0.15) is 11.5 Å². The summed E-state index contributed by atoms with van der Waals surface area (Å²) in [5.41, 5.74) is 0.807. The van der Waals surface area contributed by atoms with Crippen LogP contribution in [0, 0.1) is 0 Å². The fourth-order valence-electron chi connectivity index (χ4n) is 1.72. The summed E-state index contributed by atoms with van der Waals surface area (Å²) >= 11 is 1.47. The molecule has 2 rings (SSSR count). The van der Waals surface area contributed by atoms with Gasteiger partial charge in [0.15, 0.2) is 0 Å². The number of hydrogen-bond donors (Lipinski definition) is 2. The molecule has 4 heteroatoms. The van der Waals surface area contributed by atoms with Crippen LogP contribution >= 0.6 is 11.8 Å². The van der Waals surface area contributed by atoms with Crippen molar-refractivity contribution >= 4 is 17.7 Å². The maximum absolute atomic E-state index is 11.3. The van der Waals surface area contributed by atoms with Crippen LogP contribution < -0.4 is 0 Å². The molecule has 19 heavy (non-hydrogen) atoms. The summed E-state index contributed by atoms with van der Waals surface area (Å²) < 4.78 is 0. The van der Waals surface area contributed by atoms with E-state index in [0.29, 0.717) is 5.75 Å². The summed E-state index contributed by atoms with van der Waals surface area (Å²) in [6, 6.07) is 16.0. The summed E-state index contributed by atoms with van der Waals surface area (Å²) in [6.07, 6.45) is 0. The zero-order valence-electron chi connectivity index (χ0n) is 10.2. The molecule has 0 bridgehead atoms. The summed E-state index contributed by atoms with van der Waals surface area (Å²) in [6.45, 7) is 0. The van der Waals surface area contributed by atoms with Crippen molar-refractivity contribution < 1.29 is 15.0 Å². The van der Waals surface area contributed by atoms with Gasteiger partial charge in [-0.3, -0.25) is 4.79 Å². The monoisotopic (exact) mass is 274 g/mol. The molecule has 0 aliphatic carbocycles. The second kappa shape index (κ2) is 6.29. The van der Waals surface area contributed by atoms with Gasteiger partial charge < -0.3 is 10.2 Å². The average Bonchev–Trinajstić information content (AvgIpc) is 2.42. The van der Waals surface area contributed by atoms with Crippen LogP contribution in [0.4, 0.5) is 0 Å². The van der Waals surface area contributed by atoms with Crippen molar-refractivity contribution in [3.05, 3.63) is 60.2 Å². The lowest BCUT2D eigenvalue weighted by Crippen LogP contribution is -2.13. The molecule has 0 saturated carbocycles. The lowest BCUT2D eigenvalue weighted by Gasteiger charge is -2.12. The molecule has 0 aliphatic heterocycles. The largest absolute Gasteiger partial charge is 0.508 e. The minimum atomic E-state index is -0.822. The summed E-state index contributed by atoms with van der Waals surface area (Å²) in [4.78, 5) is 12.3. The van der Waals surface area contributed by atoms with Crippen LogP contribution in [0.2, 0.25) is 0 Å². The van der Waals surface area contributed by atoms with Gasteiger partial charge in [0.05, 0.1) is 5.92 Å². The van der Waals surface area contributed by atoms with Crippen LogP contribution in [0.15, 0.2) is 59.5 Å². The molecule has 2 N–H and O–H groups in total. The molecule has 0 fully saturated rings. The Kier molecular flexibility index (Phi) is 4.47. The zero-order valence-corrected chi connectivity index (χ0v) is 11.0. The van der Waals surface area contributed by atoms with E-state index in [1.807, 2.05) is 30.3 Å². The molecule has 3 nitrogen and oxygen atoms in total. The van der Waals surface area contributed by atoms with Gasteiger partial charge in [-0.2, -0.15) is 0 Å². The highest BCUT2D eigenvalue weighted by Gasteiger charge is 2.19. The van der Waals surface area contributed by atoms with Gasteiger partial charge >= 0.3 is 5.97 Å². The fraction of sp³-hybridized carbons (Fsp3) is 0.133. The van der Waals surface area contributed by atoms with Crippen LogP contribution in [0.3, 0.4) is 0 Å². The van der Waals surface area contributed by atoms with E-state index in [0.717, 1.165) is 10.5 Å². The lowest BCUT2D eigenvalue weighted by molar-refractivity contribution is -0.138. The second-order valence-electron chi connectivity index (χ2n) is 4.11. The fourth-order valence-corrected chi connectivity index (χ4v) is 2.74. The molecule has 0 heterocycles. The maximum atomic E-state index is 11.3. The number of aromatic hydroxyl groups is 1. The topological polar surface area (TPSA) is 57.5 Å². The minimum absolute atomic E-state index is 0.210. The third-order valence-electron chi connectivity index (χ3n) is 2.75. The highest BCUT2D eigenvalue weighted by Crippen LogP contribution is 2.27. The van der Waals surface area contributed by atoms with Crippen LogP contribution in [-0.2, 0) is 4.79 Å². The van der Waals surface area contributed by atoms with E-state index in [-0.39, 0.29) is 5.75 Å². The van der Waals surface area contributed by atoms with E-state index in [1.54, 1.807) is 24.3 Å². The number of benzene rings is 2. The van der Waals surface area contributed by atoms with Crippen LogP contribution in [0.25, 0.3) is 0 Å². The van der Waals surface area contributed by atoms with Crippen LogP contribution in [-0.4, -0.2) is 21.9 Å². The molecule has 1 unspecified atom stereocenters. The third-order valence-corrected chi connectivity index (χ3v) is 3.86. The molecule has 0 aliphatic rings. The lowest BCUT2D eigenvalue weighted by atomic mass is 10.0. The number of phenols is 1. The summed E-state index contributed by atoms with van der Waals surface area (Å²) in [7, 11) is 0. The van der Waals surface area contributed by atoms with E-state index < -0.39 is 11.9 Å².